The minimum Gasteiger partial charge on any atom is -0.508 e. The van der Waals surface area contributed by atoms with Crippen LogP contribution in [0.25, 0.3) is 0 Å². The second kappa shape index (κ2) is 18.6. The minimum absolute atomic E-state index is 0.0741. The molecule has 1 aliphatic rings. The predicted octanol–water partition coefficient (Wildman–Crippen LogP) is 7.30. The highest BCUT2D eigenvalue weighted by atomic mass is 19.1. The van der Waals surface area contributed by atoms with Crippen LogP contribution in [0.3, 0.4) is 0 Å². The molecule has 0 spiro atoms. The zero-order valence-electron chi connectivity index (χ0n) is 26.1. The minimum atomic E-state index is -0.923. The smallest absolute Gasteiger partial charge is 0.397 e. The Morgan fingerprint density at radius 3 is 2.42 bits per heavy atom. The molecular weight excluding hydrogens is 551 g/mol. The first-order chi connectivity index (χ1) is 20.6. The summed E-state index contributed by atoms with van der Waals surface area (Å²) in [4.78, 5) is 25.8. The number of anilines is 1. The molecule has 1 unspecified atom stereocenters. The van der Waals surface area contributed by atoms with E-state index in [0.717, 1.165) is 29.7 Å². The molecule has 0 aromatic heterocycles. The standard InChI is InChI=1S/C27H38N2O6.C7H7F/c1-7-29(20(6)12-13-33-8-2)17-21-16-23(10-11-24(21)30)35-25-18(4)14-22(15-19(25)5)28-26(31)27(32)34-9-3;8-7-5-3-1-2-4-6-7/h10-11,14-16,20,30H,7-9,12-13,17H2,1-6H3,(H,28,31);1-5H,6H2. The Kier molecular flexibility index (Phi) is 15.2. The van der Waals surface area contributed by atoms with Crippen LogP contribution in [0.5, 0.6) is 17.2 Å². The van der Waals surface area contributed by atoms with Gasteiger partial charge < -0.3 is 24.6 Å². The fourth-order valence-corrected chi connectivity index (χ4v) is 4.36. The number of halogens is 1. The van der Waals surface area contributed by atoms with Gasteiger partial charge in [0.25, 0.3) is 0 Å². The quantitative estimate of drug-likeness (QED) is 0.151. The van der Waals surface area contributed by atoms with Crippen LogP contribution in [0.2, 0.25) is 0 Å². The highest BCUT2D eigenvalue weighted by Crippen LogP contribution is 2.34. The largest absolute Gasteiger partial charge is 0.508 e. The molecule has 0 aliphatic heterocycles. The number of esters is 1. The van der Waals surface area contributed by atoms with Gasteiger partial charge in [-0.2, -0.15) is 0 Å². The highest BCUT2D eigenvalue weighted by molar-refractivity contribution is 6.37. The maximum atomic E-state index is 12.2. The molecule has 8 nitrogen and oxygen atoms in total. The number of phenols is 1. The van der Waals surface area contributed by atoms with E-state index in [0.29, 0.717) is 49.4 Å². The fourth-order valence-electron chi connectivity index (χ4n) is 4.36. The second-order valence-electron chi connectivity index (χ2n) is 10.0. The summed E-state index contributed by atoms with van der Waals surface area (Å²) in [5.74, 6) is -0.349. The lowest BCUT2D eigenvalue weighted by Gasteiger charge is -2.28. The number of hydrogen-bond acceptors (Lipinski definition) is 7. The average molecular weight is 597 g/mol. The van der Waals surface area contributed by atoms with Crippen LogP contribution >= 0.6 is 0 Å². The van der Waals surface area contributed by atoms with E-state index in [1.807, 2.05) is 39.0 Å². The van der Waals surface area contributed by atoms with Crippen molar-refractivity contribution in [2.45, 2.75) is 67.0 Å². The topological polar surface area (TPSA) is 97.3 Å². The normalized spacial score (nSPS) is 13.0. The number of ether oxygens (including phenoxy) is 3. The number of carbonyl (C=O) groups is 2. The van der Waals surface area contributed by atoms with Crippen molar-refractivity contribution >= 4 is 17.6 Å². The van der Waals surface area contributed by atoms with Crippen LogP contribution in [0, 0.1) is 13.8 Å². The first-order valence-electron chi connectivity index (χ1n) is 14.7. The van der Waals surface area contributed by atoms with E-state index in [2.05, 4.69) is 24.1 Å². The number of aromatic hydroxyl groups is 1. The summed E-state index contributed by atoms with van der Waals surface area (Å²) in [6.07, 6.45) is 9.95. The summed E-state index contributed by atoms with van der Waals surface area (Å²) in [5.41, 5.74) is 2.84. The number of nitrogens with zero attached hydrogens (tertiary/aromatic N) is 1. The van der Waals surface area contributed by atoms with Crippen molar-refractivity contribution in [2.24, 2.45) is 0 Å². The number of hydrogen-bond donors (Lipinski definition) is 2. The zero-order chi connectivity index (χ0) is 31.8. The van der Waals surface area contributed by atoms with Gasteiger partial charge in [-0.25, -0.2) is 9.18 Å². The molecule has 0 bridgehead atoms. The van der Waals surface area contributed by atoms with Gasteiger partial charge in [-0.3, -0.25) is 9.69 Å². The first-order valence-corrected chi connectivity index (χ1v) is 14.7. The summed E-state index contributed by atoms with van der Waals surface area (Å²) >= 11 is 0. The fraction of sp³-hybridized carbons (Fsp3) is 0.412. The van der Waals surface area contributed by atoms with Crippen LogP contribution in [0.15, 0.2) is 66.5 Å². The average Bonchev–Trinajstić information content (AvgIpc) is 3.22. The summed E-state index contributed by atoms with van der Waals surface area (Å²) in [7, 11) is 0. The third-order valence-electron chi connectivity index (χ3n) is 6.69. The number of allylic oxidation sites excluding steroid dienone is 6. The van der Waals surface area contributed by atoms with Gasteiger partial charge in [-0.15, -0.1) is 0 Å². The number of nitrogens with one attached hydrogen (secondary N) is 1. The molecular formula is C34H45FN2O6. The Labute approximate surface area is 254 Å². The van der Waals surface area contributed by atoms with E-state index in [4.69, 9.17) is 14.2 Å². The van der Waals surface area contributed by atoms with Gasteiger partial charge in [-0.05, 0) is 95.1 Å². The molecule has 1 amide bonds. The number of rotatable bonds is 12. The van der Waals surface area contributed by atoms with Crippen molar-refractivity contribution in [3.63, 3.8) is 0 Å². The Bertz CT molecular complexity index is 1280. The van der Waals surface area contributed by atoms with Crippen LogP contribution < -0.4 is 10.1 Å². The van der Waals surface area contributed by atoms with Crippen LogP contribution in [0.4, 0.5) is 10.1 Å². The molecule has 0 radical (unpaired) electrons. The SMILES string of the molecule is CCOCCC(C)N(CC)Cc1cc(Oc2c(C)cc(NC(=O)C(=O)OCC)cc2C)ccc1O.FC1=CC=CC=CC1. The van der Waals surface area contributed by atoms with Gasteiger partial charge in [0.05, 0.1) is 6.61 Å². The molecule has 3 rings (SSSR count). The van der Waals surface area contributed by atoms with E-state index < -0.39 is 11.9 Å². The summed E-state index contributed by atoms with van der Waals surface area (Å²) < 4.78 is 28.6. The number of amides is 1. The molecule has 1 aliphatic carbocycles. The van der Waals surface area contributed by atoms with Gasteiger partial charge in [-0.1, -0.05) is 31.2 Å². The number of carbonyl (C=O) groups excluding carboxylic acids is 2. The monoisotopic (exact) mass is 596 g/mol. The molecule has 0 fully saturated rings. The van der Waals surface area contributed by atoms with E-state index in [-0.39, 0.29) is 18.2 Å². The third kappa shape index (κ3) is 12.1. The molecule has 2 aromatic rings. The van der Waals surface area contributed by atoms with E-state index in [1.165, 1.54) is 6.08 Å². The molecule has 1 atom stereocenters. The van der Waals surface area contributed by atoms with Crippen LogP contribution in [0.1, 0.15) is 57.2 Å². The highest BCUT2D eigenvalue weighted by Gasteiger charge is 2.18. The summed E-state index contributed by atoms with van der Waals surface area (Å²) in [6.45, 7) is 14.6. The van der Waals surface area contributed by atoms with Crippen molar-refractivity contribution in [1.82, 2.24) is 4.90 Å². The molecule has 9 heteroatoms. The van der Waals surface area contributed by atoms with Crippen molar-refractivity contribution in [3.8, 4) is 17.2 Å². The molecule has 234 valence electrons. The Morgan fingerprint density at radius 2 is 1.77 bits per heavy atom. The first kappa shape index (κ1) is 35.2. The molecule has 2 aromatic carbocycles. The number of phenolic OH excluding ortho intramolecular Hbond substituents is 1. The van der Waals surface area contributed by atoms with Crippen molar-refractivity contribution < 1.29 is 33.3 Å². The molecule has 2 N–H and O–H groups in total. The maximum absolute atomic E-state index is 12.2. The van der Waals surface area contributed by atoms with Crippen LogP contribution in [-0.2, 0) is 25.6 Å². The van der Waals surface area contributed by atoms with Crippen molar-refractivity contribution in [3.05, 3.63) is 83.2 Å². The van der Waals surface area contributed by atoms with E-state index in [1.54, 1.807) is 43.3 Å². The Morgan fingerprint density at radius 1 is 1.05 bits per heavy atom. The Balaban J connectivity index is 0.000000694. The van der Waals surface area contributed by atoms with Crippen molar-refractivity contribution in [2.75, 3.05) is 31.7 Å². The van der Waals surface area contributed by atoms with E-state index in [9.17, 15) is 19.1 Å². The van der Waals surface area contributed by atoms with Gasteiger partial charge in [0.15, 0.2) is 0 Å². The number of aryl methyl sites for hydroxylation is 2. The molecule has 0 heterocycles. The van der Waals surface area contributed by atoms with Gasteiger partial charge in [0.2, 0.25) is 0 Å². The number of benzene rings is 2. The van der Waals surface area contributed by atoms with Gasteiger partial charge in [0, 0.05) is 43.5 Å². The lowest BCUT2D eigenvalue weighted by atomic mass is 10.1. The van der Waals surface area contributed by atoms with Gasteiger partial charge >= 0.3 is 11.9 Å². The van der Waals surface area contributed by atoms with E-state index >= 15 is 0 Å². The lowest BCUT2D eigenvalue weighted by Crippen LogP contribution is -2.33. The van der Waals surface area contributed by atoms with Crippen molar-refractivity contribution in [1.29, 1.82) is 0 Å². The van der Waals surface area contributed by atoms with Crippen LogP contribution in [-0.4, -0.2) is 54.3 Å². The predicted molar refractivity (Wildman–Crippen MR) is 168 cm³/mol. The second-order valence-corrected chi connectivity index (χ2v) is 10.0. The third-order valence-corrected chi connectivity index (χ3v) is 6.69. The maximum Gasteiger partial charge on any atom is 0.397 e. The zero-order valence-corrected chi connectivity index (χ0v) is 26.1. The Hall–Kier alpha value is -3.95. The molecule has 43 heavy (non-hydrogen) atoms. The van der Waals surface area contributed by atoms with Gasteiger partial charge in [0.1, 0.15) is 23.1 Å². The summed E-state index contributed by atoms with van der Waals surface area (Å²) in [6, 6.07) is 8.99. The lowest BCUT2D eigenvalue weighted by molar-refractivity contribution is -0.152. The molecule has 0 saturated heterocycles. The summed E-state index contributed by atoms with van der Waals surface area (Å²) in [5, 5.41) is 13.0. The molecule has 0 saturated carbocycles.